The van der Waals surface area contributed by atoms with E-state index in [2.05, 4.69) is 12.2 Å². The van der Waals surface area contributed by atoms with Gasteiger partial charge in [0.2, 0.25) is 5.91 Å². The van der Waals surface area contributed by atoms with Gasteiger partial charge < -0.3 is 10.2 Å². The minimum Gasteiger partial charge on any atom is -0.337 e. The van der Waals surface area contributed by atoms with Gasteiger partial charge in [-0.05, 0) is 37.0 Å². The molecule has 1 amide bonds. The number of rotatable bonds is 2. The third kappa shape index (κ3) is 2.67. The van der Waals surface area contributed by atoms with Gasteiger partial charge in [0.25, 0.3) is 0 Å². The molecular formula is C15H18Cl2N2O. The lowest BCUT2D eigenvalue weighted by atomic mass is 10.1. The number of carbonyl (C=O) groups excluding carboxylic acids is 1. The molecule has 1 saturated carbocycles. The molecule has 5 heteroatoms. The molecule has 1 aromatic carbocycles. The van der Waals surface area contributed by atoms with Gasteiger partial charge in [0.05, 0.1) is 0 Å². The lowest BCUT2D eigenvalue weighted by Gasteiger charge is -2.34. The molecule has 1 heterocycles. The fraction of sp³-hybridized carbons (Fsp3) is 0.533. The Morgan fingerprint density at radius 1 is 1.40 bits per heavy atom. The first-order valence-corrected chi connectivity index (χ1v) is 7.79. The highest BCUT2D eigenvalue weighted by atomic mass is 35.5. The van der Waals surface area contributed by atoms with E-state index in [1.807, 2.05) is 17.0 Å². The third-order valence-corrected chi connectivity index (χ3v) is 4.82. The summed E-state index contributed by atoms with van der Waals surface area (Å²) in [6, 6.07) is 5.82. The molecule has 2 fully saturated rings. The van der Waals surface area contributed by atoms with Gasteiger partial charge in [-0.2, -0.15) is 0 Å². The van der Waals surface area contributed by atoms with Crippen LogP contribution in [0.2, 0.25) is 10.0 Å². The van der Waals surface area contributed by atoms with Gasteiger partial charge in [-0.1, -0.05) is 29.3 Å². The second-order valence-corrected chi connectivity index (χ2v) is 6.54. The van der Waals surface area contributed by atoms with Crippen LogP contribution in [0.15, 0.2) is 18.2 Å². The Kier molecular flexibility index (Phi) is 3.93. The van der Waals surface area contributed by atoms with E-state index in [-0.39, 0.29) is 23.8 Å². The Hall–Kier alpha value is -0.770. The maximum absolute atomic E-state index is 12.6. The van der Waals surface area contributed by atoms with Crippen LogP contribution >= 0.6 is 23.2 Å². The minimum atomic E-state index is 0.0919. The Balaban J connectivity index is 1.70. The van der Waals surface area contributed by atoms with Crippen molar-refractivity contribution in [2.24, 2.45) is 5.92 Å². The Bertz CT molecular complexity index is 535. The van der Waals surface area contributed by atoms with E-state index in [1.54, 1.807) is 6.07 Å². The number of hydrogen-bond donors (Lipinski definition) is 1. The van der Waals surface area contributed by atoms with Crippen molar-refractivity contribution in [3.05, 3.63) is 33.8 Å². The van der Waals surface area contributed by atoms with Crippen LogP contribution in [0.1, 0.15) is 24.8 Å². The smallest absolute Gasteiger partial charge is 0.226 e. The van der Waals surface area contributed by atoms with E-state index in [0.29, 0.717) is 10.0 Å². The van der Waals surface area contributed by atoms with E-state index >= 15 is 0 Å². The van der Waals surface area contributed by atoms with Gasteiger partial charge in [-0.3, -0.25) is 4.79 Å². The Labute approximate surface area is 129 Å². The zero-order valence-electron chi connectivity index (χ0n) is 11.4. The molecule has 2 aliphatic rings. The largest absolute Gasteiger partial charge is 0.337 e. The van der Waals surface area contributed by atoms with Crippen molar-refractivity contribution in [3.8, 4) is 0 Å². The average Bonchev–Trinajstić information content (AvgIpc) is 3.18. The molecular weight excluding hydrogens is 295 g/mol. The van der Waals surface area contributed by atoms with E-state index in [0.717, 1.165) is 31.6 Å². The maximum Gasteiger partial charge on any atom is 0.226 e. The van der Waals surface area contributed by atoms with E-state index in [9.17, 15) is 4.79 Å². The van der Waals surface area contributed by atoms with Crippen LogP contribution in [0.3, 0.4) is 0 Å². The molecule has 108 valence electrons. The number of benzene rings is 1. The molecule has 1 saturated heterocycles. The van der Waals surface area contributed by atoms with Crippen LogP contribution in [0, 0.1) is 5.92 Å². The summed E-state index contributed by atoms with van der Waals surface area (Å²) in [4.78, 5) is 14.6. The molecule has 1 aromatic rings. The van der Waals surface area contributed by atoms with Crippen LogP contribution in [-0.2, 0) is 4.79 Å². The third-order valence-electron chi connectivity index (χ3n) is 4.25. The van der Waals surface area contributed by atoms with Gasteiger partial charge >= 0.3 is 0 Å². The van der Waals surface area contributed by atoms with Crippen molar-refractivity contribution in [2.45, 2.75) is 25.3 Å². The first-order chi connectivity index (χ1) is 9.58. The fourth-order valence-corrected chi connectivity index (χ4v) is 3.54. The standard InChI is InChI=1S/C15H18Cl2N2O/c1-9-8-18-4-5-19(9)15(20)13-7-12(13)11-3-2-10(16)6-14(11)17/h2-3,6,9,12-13,18H,4-5,7-8H2,1H3/t9-,12?,13?/m1/s1. The van der Waals surface area contributed by atoms with Gasteiger partial charge in [-0.25, -0.2) is 0 Å². The molecule has 3 nitrogen and oxygen atoms in total. The van der Waals surface area contributed by atoms with Crippen molar-refractivity contribution < 1.29 is 4.79 Å². The summed E-state index contributed by atoms with van der Waals surface area (Å²) >= 11 is 12.1. The van der Waals surface area contributed by atoms with Gasteiger partial charge in [0, 0.05) is 41.6 Å². The second-order valence-electron chi connectivity index (χ2n) is 5.70. The zero-order valence-corrected chi connectivity index (χ0v) is 12.9. The quantitative estimate of drug-likeness (QED) is 0.910. The second kappa shape index (κ2) is 5.55. The number of hydrogen-bond acceptors (Lipinski definition) is 2. The van der Waals surface area contributed by atoms with Gasteiger partial charge in [-0.15, -0.1) is 0 Å². The summed E-state index contributed by atoms with van der Waals surface area (Å²) in [7, 11) is 0. The first kappa shape index (κ1) is 14.2. The first-order valence-electron chi connectivity index (χ1n) is 7.04. The van der Waals surface area contributed by atoms with Crippen molar-refractivity contribution in [2.75, 3.05) is 19.6 Å². The molecule has 2 unspecified atom stereocenters. The van der Waals surface area contributed by atoms with Crippen LogP contribution in [0.25, 0.3) is 0 Å². The number of halogens is 2. The summed E-state index contributed by atoms with van der Waals surface area (Å²) in [6.45, 7) is 4.66. The number of amides is 1. The summed E-state index contributed by atoms with van der Waals surface area (Å²) < 4.78 is 0. The summed E-state index contributed by atoms with van der Waals surface area (Å²) in [5.41, 5.74) is 1.05. The summed E-state index contributed by atoms with van der Waals surface area (Å²) in [6.07, 6.45) is 0.900. The number of carbonyl (C=O) groups is 1. The van der Waals surface area contributed by atoms with Crippen LogP contribution < -0.4 is 5.32 Å². The van der Waals surface area contributed by atoms with Crippen LogP contribution in [-0.4, -0.2) is 36.5 Å². The molecule has 0 spiro atoms. The minimum absolute atomic E-state index is 0.0919. The van der Waals surface area contributed by atoms with Crippen LogP contribution in [0.4, 0.5) is 0 Å². The molecule has 0 bridgehead atoms. The molecule has 0 aromatic heterocycles. The van der Waals surface area contributed by atoms with Crippen molar-refractivity contribution in [1.29, 1.82) is 0 Å². The number of nitrogens with zero attached hydrogens (tertiary/aromatic N) is 1. The Morgan fingerprint density at radius 2 is 2.20 bits per heavy atom. The molecule has 3 rings (SSSR count). The average molecular weight is 313 g/mol. The van der Waals surface area contributed by atoms with E-state index in [4.69, 9.17) is 23.2 Å². The van der Waals surface area contributed by atoms with Crippen LogP contribution in [0.5, 0.6) is 0 Å². The zero-order chi connectivity index (χ0) is 14.3. The van der Waals surface area contributed by atoms with Gasteiger partial charge in [0.15, 0.2) is 0 Å². The lowest BCUT2D eigenvalue weighted by molar-refractivity contribution is -0.135. The topological polar surface area (TPSA) is 32.3 Å². The highest BCUT2D eigenvalue weighted by Gasteiger charge is 2.47. The van der Waals surface area contributed by atoms with E-state index in [1.165, 1.54) is 0 Å². The molecule has 3 atom stereocenters. The fourth-order valence-electron chi connectivity index (χ4n) is 3.00. The molecule has 1 aliphatic carbocycles. The SMILES string of the molecule is C[C@@H]1CNCCN1C(=O)C1CC1c1ccc(Cl)cc1Cl. The molecule has 20 heavy (non-hydrogen) atoms. The van der Waals surface area contributed by atoms with Gasteiger partial charge in [0.1, 0.15) is 0 Å². The molecule has 1 N–H and O–H groups in total. The molecule has 0 radical (unpaired) electrons. The van der Waals surface area contributed by atoms with Crippen molar-refractivity contribution in [3.63, 3.8) is 0 Å². The lowest BCUT2D eigenvalue weighted by Crippen LogP contribution is -2.52. The monoisotopic (exact) mass is 312 g/mol. The summed E-state index contributed by atoms with van der Waals surface area (Å²) in [5.74, 6) is 0.624. The predicted molar refractivity (Wildman–Crippen MR) is 81.4 cm³/mol. The number of piperazine rings is 1. The maximum atomic E-state index is 12.6. The Morgan fingerprint density at radius 3 is 2.90 bits per heavy atom. The van der Waals surface area contributed by atoms with Crippen molar-refractivity contribution >= 4 is 29.1 Å². The van der Waals surface area contributed by atoms with E-state index < -0.39 is 0 Å². The predicted octanol–water partition coefficient (Wildman–Crippen LogP) is 2.92. The van der Waals surface area contributed by atoms with Crippen molar-refractivity contribution in [1.82, 2.24) is 10.2 Å². The number of nitrogens with one attached hydrogen (secondary N) is 1. The highest BCUT2D eigenvalue weighted by molar-refractivity contribution is 6.35. The summed E-state index contributed by atoms with van der Waals surface area (Å²) in [5, 5.41) is 4.62. The molecule has 1 aliphatic heterocycles. The normalized spacial score (nSPS) is 29.4. The highest BCUT2D eigenvalue weighted by Crippen LogP contribution is 2.51.